The van der Waals surface area contributed by atoms with Crippen LogP contribution in [0.2, 0.25) is 0 Å². The van der Waals surface area contributed by atoms with Gasteiger partial charge in [0.05, 0.1) is 11.8 Å². The van der Waals surface area contributed by atoms with E-state index < -0.39 is 0 Å². The summed E-state index contributed by atoms with van der Waals surface area (Å²) in [5, 5.41) is 0.704. The zero-order valence-corrected chi connectivity index (χ0v) is 16.8. The van der Waals surface area contributed by atoms with Crippen molar-refractivity contribution < 1.29 is 9.53 Å². The van der Waals surface area contributed by atoms with Crippen molar-refractivity contribution in [2.45, 2.75) is 13.8 Å². The molecule has 6 heteroatoms. The number of hydrogen-bond acceptors (Lipinski definition) is 5. The summed E-state index contributed by atoms with van der Waals surface area (Å²) in [7, 11) is 1.64. The van der Waals surface area contributed by atoms with E-state index in [0.29, 0.717) is 17.2 Å². The van der Waals surface area contributed by atoms with E-state index in [-0.39, 0.29) is 5.91 Å². The first-order valence-corrected chi connectivity index (χ1v) is 10.0. The first kappa shape index (κ1) is 19.3. The number of ether oxygens (including phenoxy) is 1. The largest absolute Gasteiger partial charge is 0.494 e. The number of benzene rings is 2. The highest BCUT2D eigenvalue weighted by atomic mass is 32.1. The maximum atomic E-state index is 13.2. The van der Waals surface area contributed by atoms with Crippen molar-refractivity contribution in [1.82, 2.24) is 9.88 Å². The van der Waals surface area contributed by atoms with Crippen LogP contribution in [0.1, 0.15) is 24.2 Å². The second-order valence-corrected chi connectivity index (χ2v) is 7.16. The molecule has 1 heterocycles. The van der Waals surface area contributed by atoms with Gasteiger partial charge < -0.3 is 9.64 Å². The number of nitrogens with zero attached hydrogens (tertiary/aromatic N) is 3. The zero-order chi connectivity index (χ0) is 19.2. The summed E-state index contributed by atoms with van der Waals surface area (Å²) < 4.78 is 6.44. The molecule has 3 rings (SSSR count). The van der Waals surface area contributed by atoms with Gasteiger partial charge in [0, 0.05) is 18.7 Å². The van der Waals surface area contributed by atoms with Gasteiger partial charge in [0.25, 0.3) is 5.91 Å². The highest BCUT2D eigenvalue weighted by Gasteiger charge is 2.22. The minimum absolute atomic E-state index is 0.0271. The van der Waals surface area contributed by atoms with Crippen molar-refractivity contribution in [3.05, 3.63) is 54.1 Å². The van der Waals surface area contributed by atoms with Gasteiger partial charge in [-0.3, -0.25) is 9.69 Å². The normalized spacial score (nSPS) is 11.1. The Kier molecular flexibility index (Phi) is 6.42. The average molecular weight is 384 g/mol. The van der Waals surface area contributed by atoms with Crippen molar-refractivity contribution in [2.24, 2.45) is 0 Å². The van der Waals surface area contributed by atoms with Crippen LogP contribution >= 0.6 is 11.3 Å². The van der Waals surface area contributed by atoms with Crippen LogP contribution in [0.25, 0.3) is 10.2 Å². The van der Waals surface area contributed by atoms with E-state index in [1.807, 2.05) is 48.5 Å². The van der Waals surface area contributed by atoms with Gasteiger partial charge in [-0.15, -0.1) is 0 Å². The number of fused-ring (bicyclic) bond motifs is 1. The van der Waals surface area contributed by atoms with Gasteiger partial charge in [0.2, 0.25) is 0 Å². The SMILES string of the molecule is CCN(CC)CCN(C(=O)c1ccccc1)c1nc2c(OC)cccc2s1. The fourth-order valence-corrected chi connectivity index (χ4v) is 4.00. The van der Waals surface area contributed by atoms with Gasteiger partial charge in [0.15, 0.2) is 5.13 Å². The van der Waals surface area contributed by atoms with Gasteiger partial charge in [-0.25, -0.2) is 4.98 Å². The van der Waals surface area contributed by atoms with Gasteiger partial charge in [-0.1, -0.05) is 49.4 Å². The predicted octanol–water partition coefficient (Wildman–Crippen LogP) is 4.29. The third-order valence-electron chi connectivity index (χ3n) is 4.62. The third kappa shape index (κ3) is 4.28. The Morgan fingerprint density at radius 3 is 2.44 bits per heavy atom. The van der Waals surface area contributed by atoms with E-state index in [4.69, 9.17) is 9.72 Å². The van der Waals surface area contributed by atoms with Crippen LogP contribution in [-0.4, -0.2) is 49.1 Å². The predicted molar refractivity (Wildman–Crippen MR) is 112 cm³/mol. The quantitative estimate of drug-likeness (QED) is 0.582. The van der Waals surface area contributed by atoms with Crippen LogP contribution in [0.4, 0.5) is 5.13 Å². The highest BCUT2D eigenvalue weighted by Crippen LogP contribution is 2.34. The Balaban J connectivity index is 1.97. The van der Waals surface area contributed by atoms with Crippen molar-refractivity contribution in [3.63, 3.8) is 0 Å². The van der Waals surface area contributed by atoms with E-state index in [2.05, 4.69) is 18.7 Å². The van der Waals surface area contributed by atoms with Crippen LogP contribution in [0.3, 0.4) is 0 Å². The number of rotatable bonds is 8. The Morgan fingerprint density at radius 2 is 1.78 bits per heavy atom. The molecule has 3 aromatic rings. The smallest absolute Gasteiger partial charge is 0.260 e. The molecule has 27 heavy (non-hydrogen) atoms. The summed E-state index contributed by atoms with van der Waals surface area (Å²) in [6, 6.07) is 15.2. The Morgan fingerprint density at radius 1 is 1.04 bits per heavy atom. The van der Waals surface area contributed by atoms with Gasteiger partial charge in [-0.2, -0.15) is 0 Å². The molecule has 0 N–H and O–H groups in total. The van der Waals surface area contributed by atoms with E-state index >= 15 is 0 Å². The lowest BCUT2D eigenvalue weighted by Gasteiger charge is -2.24. The maximum absolute atomic E-state index is 13.2. The zero-order valence-electron chi connectivity index (χ0n) is 16.0. The topological polar surface area (TPSA) is 45.7 Å². The summed E-state index contributed by atoms with van der Waals surface area (Å²) >= 11 is 1.52. The van der Waals surface area contributed by atoms with Crippen molar-refractivity contribution in [3.8, 4) is 5.75 Å². The van der Waals surface area contributed by atoms with E-state index in [0.717, 1.165) is 35.6 Å². The lowest BCUT2D eigenvalue weighted by atomic mass is 10.2. The van der Waals surface area contributed by atoms with E-state index in [1.165, 1.54) is 11.3 Å². The second-order valence-electron chi connectivity index (χ2n) is 6.15. The number of hydrogen-bond donors (Lipinski definition) is 0. The molecule has 0 unspecified atom stereocenters. The number of likely N-dealkylation sites (N-methyl/N-ethyl adjacent to an activating group) is 1. The number of carbonyl (C=O) groups excluding carboxylic acids is 1. The summed E-state index contributed by atoms with van der Waals surface area (Å²) in [5.74, 6) is 0.701. The molecule has 0 fully saturated rings. The van der Waals surface area contributed by atoms with Gasteiger partial charge >= 0.3 is 0 Å². The maximum Gasteiger partial charge on any atom is 0.260 e. The Hall–Kier alpha value is -2.44. The minimum Gasteiger partial charge on any atom is -0.494 e. The van der Waals surface area contributed by atoms with Crippen LogP contribution < -0.4 is 9.64 Å². The van der Waals surface area contributed by atoms with Crippen molar-refractivity contribution in [2.75, 3.05) is 38.2 Å². The number of amides is 1. The van der Waals surface area contributed by atoms with Gasteiger partial charge in [-0.05, 0) is 37.4 Å². The van der Waals surface area contributed by atoms with Crippen LogP contribution in [-0.2, 0) is 0 Å². The Labute approximate surface area is 164 Å². The number of thiazole rings is 1. The standard InChI is InChI=1S/C21H25N3O2S/c1-4-23(5-2)14-15-24(20(25)16-10-7-6-8-11-16)21-22-19-17(26-3)12-9-13-18(19)27-21/h6-13H,4-5,14-15H2,1-3H3. The van der Waals surface area contributed by atoms with E-state index in [1.54, 1.807) is 12.0 Å². The lowest BCUT2D eigenvalue weighted by Crippen LogP contribution is -2.38. The summed E-state index contributed by atoms with van der Waals surface area (Å²) in [5.41, 5.74) is 1.47. The molecule has 0 aliphatic heterocycles. The molecular formula is C21H25N3O2S. The molecule has 0 atom stereocenters. The molecule has 0 aliphatic carbocycles. The summed E-state index contributed by atoms with van der Waals surface area (Å²) in [6.45, 7) is 7.58. The molecule has 0 saturated heterocycles. The molecule has 1 amide bonds. The fourth-order valence-electron chi connectivity index (χ4n) is 2.99. The molecular weight excluding hydrogens is 358 g/mol. The summed E-state index contributed by atoms with van der Waals surface area (Å²) in [6.07, 6.45) is 0. The molecule has 142 valence electrons. The monoisotopic (exact) mass is 383 g/mol. The number of methoxy groups -OCH3 is 1. The molecule has 2 aromatic carbocycles. The second kappa shape index (κ2) is 8.97. The number of para-hydroxylation sites is 1. The van der Waals surface area contributed by atoms with E-state index in [9.17, 15) is 4.79 Å². The summed E-state index contributed by atoms with van der Waals surface area (Å²) in [4.78, 5) is 22.0. The molecule has 0 spiro atoms. The molecule has 0 aliphatic rings. The first-order valence-electron chi connectivity index (χ1n) is 9.20. The molecule has 0 bridgehead atoms. The first-order chi connectivity index (χ1) is 13.2. The molecule has 0 radical (unpaired) electrons. The number of carbonyl (C=O) groups is 1. The van der Waals surface area contributed by atoms with Crippen LogP contribution in [0.5, 0.6) is 5.75 Å². The number of aromatic nitrogens is 1. The highest BCUT2D eigenvalue weighted by molar-refractivity contribution is 7.22. The van der Waals surface area contributed by atoms with Gasteiger partial charge in [0.1, 0.15) is 11.3 Å². The Bertz CT molecular complexity index is 891. The van der Waals surface area contributed by atoms with Crippen LogP contribution in [0.15, 0.2) is 48.5 Å². The molecule has 0 saturated carbocycles. The average Bonchev–Trinajstić information content (AvgIpc) is 3.15. The van der Waals surface area contributed by atoms with Crippen LogP contribution in [0, 0.1) is 0 Å². The van der Waals surface area contributed by atoms with Crippen molar-refractivity contribution in [1.29, 1.82) is 0 Å². The lowest BCUT2D eigenvalue weighted by molar-refractivity contribution is 0.0984. The third-order valence-corrected chi connectivity index (χ3v) is 5.67. The minimum atomic E-state index is -0.0271. The van der Waals surface area contributed by atoms with Crippen molar-refractivity contribution >= 4 is 32.6 Å². The number of anilines is 1. The molecule has 5 nitrogen and oxygen atoms in total. The fraction of sp³-hybridized carbons (Fsp3) is 0.333. The molecule has 1 aromatic heterocycles.